The Morgan fingerprint density at radius 3 is 2.55 bits per heavy atom. The number of rotatable bonds is 5. The average Bonchev–Trinajstić information content (AvgIpc) is 2.95. The molecule has 0 bridgehead atoms. The van der Waals surface area contributed by atoms with E-state index in [1.54, 1.807) is 5.48 Å². The minimum Gasteiger partial charge on any atom is -0.361 e. The molecule has 6 nitrogen and oxygen atoms in total. The highest BCUT2D eigenvalue weighted by Crippen LogP contribution is 2.27. The van der Waals surface area contributed by atoms with Crippen LogP contribution in [-0.2, 0) is 9.59 Å². The van der Waals surface area contributed by atoms with Gasteiger partial charge in [0.25, 0.3) is 5.91 Å². The molecule has 0 saturated heterocycles. The van der Waals surface area contributed by atoms with E-state index >= 15 is 0 Å². The molecule has 1 aromatic carbocycles. The molecule has 118 valence electrons. The maximum Gasteiger partial charge on any atom is 0.282 e. The van der Waals surface area contributed by atoms with E-state index in [1.807, 2.05) is 44.2 Å². The monoisotopic (exact) mass is 321 g/mol. The second-order valence-corrected chi connectivity index (χ2v) is 6.40. The van der Waals surface area contributed by atoms with Crippen LogP contribution in [0.4, 0.5) is 0 Å². The molecular formula is C15H19N3O3S. The zero-order valence-corrected chi connectivity index (χ0v) is 13.2. The third-order valence-electron chi connectivity index (χ3n) is 3.32. The van der Waals surface area contributed by atoms with Gasteiger partial charge in [-0.2, -0.15) is 0 Å². The molecule has 2 rings (SSSR count). The third kappa shape index (κ3) is 3.80. The van der Waals surface area contributed by atoms with E-state index in [2.05, 4.69) is 10.6 Å². The maximum absolute atomic E-state index is 12.5. The Hall–Kier alpha value is -1.99. The van der Waals surface area contributed by atoms with E-state index in [-0.39, 0.29) is 17.7 Å². The van der Waals surface area contributed by atoms with Gasteiger partial charge < -0.3 is 10.6 Å². The molecule has 1 aliphatic rings. The maximum atomic E-state index is 12.5. The van der Waals surface area contributed by atoms with Crippen LogP contribution in [-0.4, -0.2) is 22.5 Å². The fourth-order valence-electron chi connectivity index (χ4n) is 2.31. The number of thioether (sulfide) groups is 1. The molecule has 7 heteroatoms. The van der Waals surface area contributed by atoms with Gasteiger partial charge in [0.1, 0.15) is 0 Å². The quantitative estimate of drug-likeness (QED) is 0.487. The lowest BCUT2D eigenvalue weighted by Crippen LogP contribution is -2.42. The number of carbonyl (C=O) groups is 2. The first-order chi connectivity index (χ1) is 10.5. The summed E-state index contributed by atoms with van der Waals surface area (Å²) in [5.41, 5.74) is 2.10. The minimum atomic E-state index is -0.599. The van der Waals surface area contributed by atoms with Crippen molar-refractivity contribution in [2.75, 3.05) is 0 Å². The first kappa shape index (κ1) is 16.4. The van der Waals surface area contributed by atoms with E-state index in [0.717, 1.165) is 17.3 Å². The van der Waals surface area contributed by atoms with Crippen molar-refractivity contribution in [1.29, 1.82) is 0 Å². The molecular weight excluding hydrogens is 302 g/mol. The van der Waals surface area contributed by atoms with Gasteiger partial charge in [0.2, 0.25) is 5.91 Å². The molecule has 0 radical (unpaired) electrons. The second kappa shape index (κ2) is 7.33. The molecule has 0 saturated carbocycles. The lowest BCUT2D eigenvalue weighted by Gasteiger charge is -2.23. The first-order valence-corrected chi connectivity index (χ1v) is 7.83. The summed E-state index contributed by atoms with van der Waals surface area (Å²) >= 11 is 1.14. The zero-order chi connectivity index (χ0) is 16.1. The molecule has 0 spiro atoms. The van der Waals surface area contributed by atoms with Crippen molar-refractivity contribution in [2.45, 2.75) is 25.3 Å². The Labute approximate surface area is 133 Å². The summed E-state index contributed by atoms with van der Waals surface area (Å²) in [5.74, 6) is -0.829. The van der Waals surface area contributed by atoms with Gasteiger partial charge >= 0.3 is 0 Å². The molecule has 2 atom stereocenters. The normalized spacial score (nSPS) is 18.4. The van der Waals surface area contributed by atoms with Gasteiger partial charge in [-0.15, -0.1) is 0 Å². The molecule has 4 N–H and O–H groups in total. The number of hydrogen-bond acceptors (Lipinski definition) is 5. The molecule has 0 aliphatic carbocycles. The average molecular weight is 321 g/mol. The Kier molecular flexibility index (Phi) is 5.46. The van der Waals surface area contributed by atoms with Crippen LogP contribution in [0.5, 0.6) is 0 Å². The fraction of sp³-hybridized carbons (Fsp3) is 0.333. The van der Waals surface area contributed by atoms with Crippen LogP contribution >= 0.6 is 11.8 Å². The van der Waals surface area contributed by atoms with Crippen molar-refractivity contribution < 1.29 is 14.8 Å². The number of carbonyl (C=O) groups excluding carboxylic acids is 2. The molecule has 1 heterocycles. The highest BCUT2D eigenvalue weighted by atomic mass is 32.2. The van der Waals surface area contributed by atoms with Crippen LogP contribution in [0.15, 0.2) is 41.4 Å². The Bertz CT molecular complexity index is 575. The van der Waals surface area contributed by atoms with Crippen LogP contribution < -0.4 is 16.1 Å². The molecule has 22 heavy (non-hydrogen) atoms. The molecule has 0 aromatic heterocycles. The topological polar surface area (TPSA) is 90.5 Å². The molecule has 1 aliphatic heterocycles. The van der Waals surface area contributed by atoms with E-state index in [0.29, 0.717) is 4.91 Å². The van der Waals surface area contributed by atoms with E-state index in [9.17, 15) is 9.59 Å². The molecule has 2 unspecified atom stereocenters. The van der Waals surface area contributed by atoms with Crippen LogP contribution in [0.2, 0.25) is 0 Å². The van der Waals surface area contributed by atoms with Crippen molar-refractivity contribution in [2.24, 2.45) is 5.92 Å². The number of hydroxylamine groups is 1. The number of nitrogens with one attached hydrogen (secondary N) is 3. The number of benzene rings is 1. The number of amides is 2. The van der Waals surface area contributed by atoms with Gasteiger partial charge in [-0.1, -0.05) is 55.9 Å². The van der Waals surface area contributed by atoms with Gasteiger partial charge in [-0.25, -0.2) is 5.48 Å². The Balaban J connectivity index is 2.01. The SMILES string of the molecule is CC(C)C(C(=O)NC1NC=C(C(=O)NO)S1)c1ccccc1. The summed E-state index contributed by atoms with van der Waals surface area (Å²) in [6, 6.07) is 9.60. The van der Waals surface area contributed by atoms with Gasteiger partial charge in [0.05, 0.1) is 10.8 Å². The van der Waals surface area contributed by atoms with Crippen molar-refractivity contribution >= 4 is 23.6 Å². The van der Waals surface area contributed by atoms with Crippen molar-refractivity contribution in [3.8, 4) is 0 Å². The van der Waals surface area contributed by atoms with E-state index in [4.69, 9.17) is 5.21 Å². The third-order valence-corrected chi connectivity index (χ3v) is 4.36. The largest absolute Gasteiger partial charge is 0.361 e. The standard InChI is InChI=1S/C15H19N3O3S/c1-9(2)12(10-6-4-3-5-7-10)14(20)17-15-16-8-11(22-15)13(19)18-21/h3-9,12,15-16,21H,1-2H3,(H,17,20)(H,18,19). The van der Waals surface area contributed by atoms with Crippen LogP contribution in [0.25, 0.3) is 0 Å². The highest BCUT2D eigenvalue weighted by molar-refractivity contribution is 8.04. The Morgan fingerprint density at radius 1 is 1.27 bits per heavy atom. The number of hydrogen-bond donors (Lipinski definition) is 4. The van der Waals surface area contributed by atoms with Crippen molar-refractivity contribution in [3.63, 3.8) is 0 Å². The smallest absolute Gasteiger partial charge is 0.282 e. The van der Waals surface area contributed by atoms with E-state index in [1.165, 1.54) is 6.20 Å². The minimum absolute atomic E-state index is 0.106. The van der Waals surface area contributed by atoms with Crippen LogP contribution in [0.3, 0.4) is 0 Å². The fourth-order valence-corrected chi connectivity index (χ4v) is 3.16. The van der Waals surface area contributed by atoms with E-state index < -0.39 is 11.4 Å². The zero-order valence-electron chi connectivity index (χ0n) is 12.4. The summed E-state index contributed by atoms with van der Waals surface area (Å²) in [4.78, 5) is 24.2. The summed E-state index contributed by atoms with van der Waals surface area (Å²) in [5, 5.41) is 14.4. The summed E-state index contributed by atoms with van der Waals surface area (Å²) < 4.78 is 0. The van der Waals surface area contributed by atoms with Crippen LogP contribution in [0.1, 0.15) is 25.3 Å². The van der Waals surface area contributed by atoms with Gasteiger partial charge in [0, 0.05) is 6.20 Å². The van der Waals surface area contributed by atoms with Crippen LogP contribution in [0, 0.1) is 5.92 Å². The molecule has 2 amide bonds. The first-order valence-electron chi connectivity index (χ1n) is 6.95. The second-order valence-electron chi connectivity index (χ2n) is 5.26. The predicted octanol–water partition coefficient (Wildman–Crippen LogP) is 1.51. The predicted molar refractivity (Wildman–Crippen MR) is 84.7 cm³/mol. The van der Waals surface area contributed by atoms with Crippen molar-refractivity contribution in [1.82, 2.24) is 16.1 Å². The highest BCUT2D eigenvalue weighted by Gasteiger charge is 2.29. The summed E-state index contributed by atoms with van der Waals surface area (Å²) in [6.45, 7) is 3.99. The Morgan fingerprint density at radius 2 is 1.95 bits per heavy atom. The lowest BCUT2D eigenvalue weighted by molar-refractivity contribution is -0.125. The van der Waals surface area contributed by atoms with Crippen molar-refractivity contribution in [3.05, 3.63) is 47.0 Å². The summed E-state index contributed by atoms with van der Waals surface area (Å²) in [7, 11) is 0. The molecule has 1 aromatic rings. The van der Waals surface area contributed by atoms with Gasteiger partial charge in [-0.3, -0.25) is 14.8 Å². The summed E-state index contributed by atoms with van der Waals surface area (Å²) in [6.07, 6.45) is 1.47. The lowest BCUT2D eigenvalue weighted by atomic mass is 9.88. The molecule has 0 fully saturated rings. The van der Waals surface area contributed by atoms with Gasteiger partial charge in [-0.05, 0) is 11.5 Å². The van der Waals surface area contributed by atoms with Gasteiger partial charge in [0.15, 0.2) is 5.50 Å².